The first-order valence-corrected chi connectivity index (χ1v) is 15.7. The van der Waals surface area contributed by atoms with Gasteiger partial charge < -0.3 is 4.40 Å². The predicted octanol–water partition coefficient (Wildman–Crippen LogP) is 10.7. The Morgan fingerprint density at radius 3 is 1.93 bits per heavy atom. The highest BCUT2D eigenvalue weighted by Gasteiger charge is 2.26. The number of aromatic nitrogens is 4. The molecular weight excluding hydrogens is 560 g/mol. The van der Waals surface area contributed by atoms with Crippen molar-refractivity contribution >= 4 is 81.6 Å². The normalized spacial score (nSPS) is 12.3. The van der Waals surface area contributed by atoms with Gasteiger partial charge in [0.1, 0.15) is 0 Å². The van der Waals surface area contributed by atoms with Gasteiger partial charge in [0, 0.05) is 43.3 Å². The van der Waals surface area contributed by atoms with Gasteiger partial charge in [0.2, 0.25) is 5.95 Å². The standard InChI is InChI=1S/C42H24N4/c1-2-13-26(14-3-1)39-29-17-6-9-19-33(29)43-42(44-39)46-36-23-22-25-12-4-5-15-27(25)37(36)32-24-31-28-16-7-10-20-34(28)45-35-21-11-8-18-30(35)38(40(31)45)41(32)46/h1-24H. The molecule has 0 radical (unpaired) electrons. The molecule has 4 heterocycles. The van der Waals surface area contributed by atoms with Crippen LogP contribution in [0.25, 0.3) is 98.8 Å². The summed E-state index contributed by atoms with van der Waals surface area (Å²) in [5.41, 5.74) is 8.86. The average Bonchev–Trinajstić information content (AvgIpc) is 3.76. The molecule has 0 aliphatic carbocycles. The predicted molar refractivity (Wildman–Crippen MR) is 191 cm³/mol. The Balaban J connectivity index is 1.43. The van der Waals surface area contributed by atoms with Crippen LogP contribution in [0.3, 0.4) is 0 Å². The molecule has 212 valence electrons. The topological polar surface area (TPSA) is 35.1 Å². The van der Waals surface area contributed by atoms with E-state index in [0.29, 0.717) is 5.95 Å². The van der Waals surface area contributed by atoms with E-state index in [1.165, 1.54) is 59.6 Å². The first kappa shape index (κ1) is 24.1. The fourth-order valence-corrected chi connectivity index (χ4v) is 7.96. The van der Waals surface area contributed by atoms with E-state index in [9.17, 15) is 0 Å². The molecule has 0 saturated carbocycles. The molecule has 0 aliphatic heterocycles. The molecule has 4 heteroatoms. The highest BCUT2D eigenvalue weighted by molar-refractivity contribution is 6.36. The number of para-hydroxylation sites is 3. The highest BCUT2D eigenvalue weighted by Crippen LogP contribution is 2.47. The summed E-state index contributed by atoms with van der Waals surface area (Å²) >= 11 is 0. The zero-order valence-corrected chi connectivity index (χ0v) is 24.6. The Morgan fingerprint density at radius 2 is 1.09 bits per heavy atom. The van der Waals surface area contributed by atoms with Crippen molar-refractivity contribution in [1.29, 1.82) is 0 Å². The van der Waals surface area contributed by atoms with E-state index in [1.807, 2.05) is 0 Å². The SMILES string of the molecule is c1ccc(-c2nc(-n3c4ccc5ccccc5c4c4cc5c6ccccc6n6c7ccccc7c(c43)c56)nc3ccccc23)cc1. The molecule has 0 spiro atoms. The summed E-state index contributed by atoms with van der Waals surface area (Å²) in [4.78, 5) is 10.7. The lowest BCUT2D eigenvalue weighted by Gasteiger charge is -2.12. The lowest BCUT2D eigenvalue weighted by molar-refractivity contribution is 1.02. The minimum Gasteiger partial charge on any atom is -0.308 e. The van der Waals surface area contributed by atoms with Crippen LogP contribution in [-0.2, 0) is 0 Å². The van der Waals surface area contributed by atoms with E-state index < -0.39 is 0 Å². The summed E-state index contributed by atoms with van der Waals surface area (Å²) in [6.45, 7) is 0. The zero-order valence-electron chi connectivity index (χ0n) is 24.6. The molecule has 0 atom stereocenters. The molecule has 46 heavy (non-hydrogen) atoms. The van der Waals surface area contributed by atoms with Crippen molar-refractivity contribution in [3.8, 4) is 17.2 Å². The van der Waals surface area contributed by atoms with Gasteiger partial charge in [0.05, 0.1) is 38.8 Å². The fourth-order valence-electron chi connectivity index (χ4n) is 7.96. The van der Waals surface area contributed by atoms with Crippen LogP contribution in [0.5, 0.6) is 0 Å². The zero-order chi connectivity index (χ0) is 29.9. The molecule has 11 aromatic rings. The maximum atomic E-state index is 5.41. The molecule has 0 fully saturated rings. The van der Waals surface area contributed by atoms with Gasteiger partial charge in [-0.25, -0.2) is 9.97 Å². The fraction of sp³-hybridized carbons (Fsp3) is 0. The van der Waals surface area contributed by atoms with Crippen LogP contribution in [0.4, 0.5) is 0 Å². The number of nitrogens with zero attached hydrogens (tertiary/aromatic N) is 4. The number of benzene rings is 7. The molecule has 0 aliphatic rings. The number of hydrogen-bond donors (Lipinski definition) is 0. The van der Waals surface area contributed by atoms with Crippen molar-refractivity contribution in [2.24, 2.45) is 0 Å². The molecule has 0 N–H and O–H groups in total. The van der Waals surface area contributed by atoms with Crippen LogP contribution in [0.2, 0.25) is 0 Å². The van der Waals surface area contributed by atoms with Crippen molar-refractivity contribution in [1.82, 2.24) is 18.9 Å². The number of rotatable bonds is 2. The molecule has 11 rings (SSSR count). The van der Waals surface area contributed by atoms with Crippen LogP contribution >= 0.6 is 0 Å². The van der Waals surface area contributed by atoms with Crippen molar-refractivity contribution < 1.29 is 0 Å². The Morgan fingerprint density at radius 1 is 0.413 bits per heavy atom. The average molecular weight is 585 g/mol. The van der Waals surface area contributed by atoms with Gasteiger partial charge in [0.15, 0.2) is 0 Å². The monoisotopic (exact) mass is 584 g/mol. The minimum atomic E-state index is 0.676. The van der Waals surface area contributed by atoms with Gasteiger partial charge >= 0.3 is 0 Å². The van der Waals surface area contributed by atoms with Crippen LogP contribution < -0.4 is 0 Å². The van der Waals surface area contributed by atoms with Gasteiger partial charge in [-0.05, 0) is 41.1 Å². The second-order valence-electron chi connectivity index (χ2n) is 12.2. The summed E-state index contributed by atoms with van der Waals surface area (Å²) in [5.74, 6) is 0.676. The molecule has 0 saturated heterocycles. The first-order valence-electron chi connectivity index (χ1n) is 15.7. The summed E-state index contributed by atoms with van der Waals surface area (Å²) < 4.78 is 4.78. The van der Waals surface area contributed by atoms with E-state index in [2.05, 4.69) is 155 Å². The Kier molecular flexibility index (Phi) is 4.55. The smallest absolute Gasteiger partial charge is 0.235 e. The van der Waals surface area contributed by atoms with Crippen molar-refractivity contribution in [2.45, 2.75) is 0 Å². The quantitative estimate of drug-likeness (QED) is 0.203. The van der Waals surface area contributed by atoms with Gasteiger partial charge in [-0.3, -0.25) is 4.57 Å². The van der Waals surface area contributed by atoms with E-state index in [0.717, 1.165) is 33.2 Å². The summed E-state index contributed by atoms with van der Waals surface area (Å²) in [7, 11) is 0. The molecule has 0 unspecified atom stereocenters. The van der Waals surface area contributed by atoms with Crippen molar-refractivity contribution in [3.63, 3.8) is 0 Å². The van der Waals surface area contributed by atoms with Gasteiger partial charge in [-0.1, -0.05) is 115 Å². The van der Waals surface area contributed by atoms with Crippen molar-refractivity contribution in [3.05, 3.63) is 146 Å². The Labute approximate surface area is 262 Å². The minimum absolute atomic E-state index is 0.676. The third-order valence-corrected chi connectivity index (χ3v) is 9.83. The van der Waals surface area contributed by atoms with Gasteiger partial charge in [-0.2, -0.15) is 0 Å². The van der Waals surface area contributed by atoms with Crippen LogP contribution in [0.15, 0.2) is 146 Å². The molecule has 0 bridgehead atoms. The lowest BCUT2D eigenvalue weighted by atomic mass is 10.0. The number of hydrogen-bond acceptors (Lipinski definition) is 2. The van der Waals surface area contributed by atoms with E-state index in [1.54, 1.807) is 0 Å². The van der Waals surface area contributed by atoms with Gasteiger partial charge in [-0.15, -0.1) is 0 Å². The van der Waals surface area contributed by atoms with Crippen LogP contribution in [0, 0.1) is 0 Å². The summed E-state index contributed by atoms with van der Waals surface area (Å²) in [6, 6.07) is 52.0. The highest BCUT2D eigenvalue weighted by atomic mass is 15.2. The maximum absolute atomic E-state index is 5.41. The van der Waals surface area contributed by atoms with E-state index in [-0.39, 0.29) is 0 Å². The van der Waals surface area contributed by atoms with Gasteiger partial charge in [0.25, 0.3) is 0 Å². The maximum Gasteiger partial charge on any atom is 0.235 e. The second kappa shape index (κ2) is 8.68. The van der Waals surface area contributed by atoms with E-state index in [4.69, 9.17) is 9.97 Å². The molecule has 7 aromatic carbocycles. The third kappa shape index (κ3) is 2.98. The first-order chi connectivity index (χ1) is 22.8. The van der Waals surface area contributed by atoms with Crippen LogP contribution in [-0.4, -0.2) is 18.9 Å². The second-order valence-corrected chi connectivity index (χ2v) is 12.2. The lowest BCUT2D eigenvalue weighted by Crippen LogP contribution is -2.03. The Bertz CT molecular complexity index is 3020. The van der Waals surface area contributed by atoms with Crippen molar-refractivity contribution in [2.75, 3.05) is 0 Å². The molecular formula is C42H24N4. The molecule has 4 aromatic heterocycles. The third-order valence-electron chi connectivity index (χ3n) is 9.83. The number of fused-ring (bicyclic) bond motifs is 13. The summed E-state index contributed by atoms with van der Waals surface area (Å²) in [5, 5.41) is 10.9. The van der Waals surface area contributed by atoms with E-state index >= 15 is 0 Å². The largest absolute Gasteiger partial charge is 0.308 e. The van der Waals surface area contributed by atoms with Crippen LogP contribution in [0.1, 0.15) is 0 Å². The Hall–Kier alpha value is -6.26. The summed E-state index contributed by atoms with van der Waals surface area (Å²) in [6.07, 6.45) is 0. The molecule has 4 nitrogen and oxygen atoms in total. The molecule has 0 amide bonds.